The predicted octanol–water partition coefficient (Wildman–Crippen LogP) is 3.44. The van der Waals surface area contributed by atoms with Gasteiger partial charge in [0.2, 0.25) is 5.91 Å². The molecular weight excluding hydrogens is 282 g/mol. The second-order valence-corrected chi connectivity index (χ2v) is 7.58. The fraction of sp³-hybridized carbons (Fsp3) is 0.611. The van der Waals surface area contributed by atoms with E-state index in [1.807, 2.05) is 4.90 Å². The number of carbonyl (C=O) groups excluding carboxylic acids is 1. The second-order valence-electron chi connectivity index (χ2n) is 7.02. The number of fused-ring (bicyclic) bond motifs is 3. The van der Waals surface area contributed by atoms with Gasteiger partial charge < -0.3 is 4.90 Å². The predicted molar refractivity (Wildman–Crippen MR) is 84.5 cm³/mol. The van der Waals surface area contributed by atoms with Crippen LogP contribution in [0.1, 0.15) is 36.8 Å². The van der Waals surface area contributed by atoms with Crippen LogP contribution in [-0.2, 0) is 11.2 Å². The number of halogens is 1. The third-order valence-corrected chi connectivity index (χ3v) is 6.36. The number of likely N-dealkylation sites (tertiary alicyclic amines) is 1. The highest BCUT2D eigenvalue weighted by Gasteiger charge is 2.58. The Bertz CT molecular complexity index is 572. The van der Waals surface area contributed by atoms with Crippen molar-refractivity contribution in [3.63, 3.8) is 0 Å². The molecule has 1 heterocycles. The third kappa shape index (κ3) is 2.19. The van der Waals surface area contributed by atoms with Crippen LogP contribution in [0.3, 0.4) is 0 Å². The van der Waals surface area contributed by atoms with Crippen molar-refractivity contribution >= 4 is 17.5 Å². The summed E-state index contributed by atoms with van der Waals surface area (Å²) in [7, 11) is 0. The summed E-state index contributed by atoms with van der Waals surface area (Å²) < 4.78 is 0. The summed E-state index contributed by atoms with van der Waals surface area (Å²) in [6, 6.07) is 8.67. The van der Waals surface area contributed by atoms with Gasteiger partial charge in [0.1, 0.15) is 0 Å². The molecule has 1 saturated heterocycles. The van der Waals surface area contributed by atoms with E-state index in [4.69, 9.17) is 11.6 Å². The Kier molecular flexibility index (Phi) is 3.25. The Morgan fingerprint density at radius 3 is 2.90 bits per heavy atom. The van der Waals surface area contributed by atoms with Gasteiger partial charge in [0, 0.05) is 19.0 Å². The highest BCUT2D eigenvalue weighted by atomic mass is 35.5. The van der Waals surface area contributed by atoms with E-state index in [9.17, 15) is 4.79 Å². The van der Waals surface area contributed by atoms with Gasteiger partial charge in [-0.15, -0.1) is 11.6 Å². The summed E-state index contributed by atoms with van der Waals surface area (Å²) in [5.41, 5.74) is 2.89. The van der Waals surface area contributed by atoms with E-state index in [-0.39, 0.29) is 11.3 Å². The molecule has 2 aliphatic carbocycles. The molecule has 1 aromatic carbocycles. The minimum Gasteiger partial charge on any atom is -0.341 e. The maximum Gasteiger partial charge on any atom is 0.226 e. The first-order valence-corrected chi connectivity index (χ1v) is 8.61. The molecule has 1 saturated carbocycles. The Morgan fingerprint density at radius 2 is 2.10 bits per heavy atom. The Labute approximate surface area is 131 Å². The monoisotopic (exact) mass is 303 g/mol. The number of aryl methyl sites for hydroxylation is 1. The quantitative estimate of drug-likeness (QED) is 0.728. The molecule has 21 heavy (non-hydrogen) atoms. The lowest BCUT2D eigenvalue weighted by atomic mass is 9.92. The van der Waals surface area contributed by atoms with Crippen LogP contribution in [0.4, 0.5) is 0 Å². The molecule has 1 amide bonds. The van der Waals surface area contributed by atoms with Crippen LogP contribution in [0, 0.1) is 17.8 Å². The van der Waals surface area contributed by atoms with Crippen LogP contribution in [-0.4, -0.2) is 29.3 Å². The zero-order chi connectivity index (χ0) is 14.6. The van der Waals surface area contributed by atoms with Gasteiger partial charge in [-0.05, 0) is 48.1 Å². The van der Waals surface area contributed by atoms with Gasteiger partial charge in [0.05, 0.1) is 5.38 Å². The lowest BCUT2D eigenvalue weighted by molar-refractivity contribution is -0.134. The average Bonchev–Trinajstić information content (AvgIpc) is 3.24. The summed E-state index contributed by atoms with van der Waals surface area (Å²) in [5, 5.41) is 0.121. The molecule has 2 fully saturated rings. The molecule has 5 atom stereocenters. The first kappa shape index (κ1) is 13.6. The summed E-state index contributed by atoms with van der Waals surface area (Å²) in [6.45, 7) is 3.81. The molecule has 2 nitrogen and oxygen atoms in total. The molecule has 3 aliphatic rings. The standard InChI is InChI=1S/C18H22ClNO/c1-11-8-9-20(10-15(11)19)18(21)17-14-7-6-12-4-2-3-5-13(12)16(14)17/h2-5,11,14-17H,6-10H2,1H3. The summed E-state index contributed by atoms with van der Waals surface area (Å²) in [5.74, 6) is 2.18. The van der Waals surface area contributed by atoms with E-state index in [2.05, 4.69) is 31.2 Å². The highest BCUT2D eigenvalue weighted by molar-refractivity contribution is 6.21. The van der Waals surface area contributed by atoms with Crippen molar-refractivity contribution in [2.75, 3.05) is 13.1 Å². The minimum atomic E-state index is 0.121. The number of amides is 1. The van der Waals surface area contributed by atoms with Gasteiger partial charge >= 0.3 is 0 Å². The molecule has 0 N–H and O–H groups in total. The number of benzene rings is 1. The Hall–Kier alpha value is -1.02. The van der Waals surface area contributed by atoms with Crippen molar-refractivity contribution in [3.05, 3.63) is 35.4 Å². The van der Waals surface area contributed by atoms with Crippen LogP contribution in [0.15, 0.2) is 24.3 Å². The summed E-state index contributed by atoms with van der Waals surface area (Å²) in [4.78, 5) is 14.9. The number of carbonyl (C=O) groups is 1. The summed E-state index contributed by atoms with van der Waals surface area (Å²) >= 11 is 6.37. The van der Waals surface area contributed by atoms with Gasteiger partial charge in [-0.2, -0.15) is 0 Å². The van der Waals surface area contributed by atoms with Crippen molar-refractivity contribution in [2.24, 2.45) is 17.8 Å². The Balaban J connectivity index is 1.51. The van der Waals surface area contributed by atoms with E-state index >= 15 is 0 Å². The number of hydrogen-bond donors (Lipinski definition) is 0. The number of nitrogens with zero attached hydrogens (tertiary/aromatic N) is 1. The van der Waals surface area contributed by atoms with Gasteiger partial charge in [-0.1, -0.05) is 31.2 Å². The molecular formula is C18H22ClNO. The molecule has 1 aromatic rings. The zero-order valence-electron chi connectivity index (χ0n) is 12.5. The lowest BCUT2D eigenvalue weighted by Gasteiger charge is -2.34. The molecule has 0 aromatic heterocycles. The topological polar surface area (TPSA) is 20.3 Å². The number of alkyl halides is 1. The first-order valence-electron chi connectivity index (χ1n) is 8.17. The first-order chi connectivity index (χ1) is 10.2. The molecule has 0 spiro atoms. The molecule has 1 aliphatic heterocycles. The van der Waals surface area contributed by atoms with Gasteiger partial charge in [0.15, 0.2) is 0 Å². The number of rotatable bonds is 1. The van der Waals surface area contributed by atoms with Crippen molar-refractivity contribution in [1.82, 2.24) is 4.90 Å². The van der Waals surface area contributed by atoms with Crippen LogP contribution in [0.5, 0.6) is 0 Å². The fourth-order valence-electron chi connectivity index (χ4n) is 4.34. The molecule has 0 radical (unpaired) electrons. The normalized spacial score (nSPS) is 37.6. The fourth-order valence-corrected chi connectivity index (χ4v) is 4.63. The van der Waals surface area contributed by atoms with Crippen molar-refractivity contribution in [1.29, 1.82) is 0 Å². The second kappa shape index (κ2) is 5.01. The highest BCUT2D eigenvalue weighted by Crippen LogP contribution is 2.60. The van der Waals surface area contributed by atoms with Crippen molar-refractivity contribution < 1.29 is 4.79 Å². The van der Waals surface area contributed by atoms with E-state index in [1.54, 1.807) is 0 Å². The number of piperidine rings is 1. The van der Waals surface area contributed by atoms with Crippen molar-refractivity contribution in [2.45, 2.75) is 37.5 Å². The zero-order valence-corrected chi connectivity index (χ0v) is 13.2. The van der Waals surface area contributed by atoms with Gasteiger partial charge in [-0.3, -0.25) is 4.79 Å². The number of hydrogen-bond acceptors (Lipinski definition) is 1. The van der Waals surface area contributed by atoms with Crippen LogP contribution in [0.2, 0.25) is 0 Å². The molecule has 3 heteroatoms. The van der Waals surface area contributed by atoms with E-state index < -0.39 is 0 Å². The largest absolute Gasteiger partial charge is 0.341 e. The molecule has 5 unspecified atom stereocenters. The van der Waals surface area contributed by atoms with E-state index in [0.29, 0.717) is 23.7 Å². The van der Waals surface area contributed by atoms with Crippen LogP contribution >= 0.6 is 11.6 Å². The van der Waals surface area contributed by atoms with Gasteiger partial charge in [-0.25, -0.2) is 0 Å². The minimum absolute atomic E-state index is 0.121. The van der Waals surface area contributed by atoms with Crippen molar-refractivity contribution in [3.8, 4) is 0 Å². The van der Waals surface area contributed by atoms with Crippen LogP contribution in [0.25, 0.3) is 0 Å². The van der Waals surface area contributed by atoms with E-state index in [1.165, 1.54) is 17.5 Å². The maximum atomic E-state index is 12.9. The molecule has 4 rings (SSSR count). The third-order valence-electron chi connectivity index (χ3n) is 5.79. The summed E-state index contributed by atoms with van der Waals surface area (Å²) in [6.07, 6.45) is 3.35. The molecule has 112 valence electrons. The SMILES string of the molecule is CC1CCN(C(=O)C2C3CCc4ccccc4C32)CC1Cl. The molecule has 0 bridgehead atoms. The maximum absolute atomic E-state index is 12.9. The van der Waals surface area contributed by atoms with Crippen LogP contribution < -0.4 is 0 Å². The Morgan fingerprint density at radius 1 is 1.29 bits per heavy atom. The smallest absolute Gasteiger partial charge is 0.226 e. The lowest BCUT2D eigenvalue weighted by Crippen LogP contribution is -2.44. The average molecular weight is 304 g/mol. The van der Waals surface area contributed by atoms with Gasteiger partial charge in [0.25, 0.3) is 0 Å². The van der Waals surface area contributed by atoms with E-state index in [0.717, 1.165) is 25.9 Å².